The zero-order valence-electron chi connectivity index (χ0n) is 9.60. The second-order valence-electron chi connectivity index (χ2n) is 3.38. The van der Waals surface area contributed by atoms with Gasteiger partial charge in [0, 0.05) is 19.8 Å². The highest BCUT2D eigenvalue weighted by atomic mass is 16.1. The Kier molecular flexibility index (Phi) is 4.50. The highest BCUT2D eigenvalue weighted by Gasteiger charge is 2.12. The maximum atomic E-state index is 11.3. The van der Waals surface area contributed by atoms with Crippen molar-refractivity contribution in [2.75, 3.05) is 30.8 Å². The second kappa shape index (κ2) is 5.89. The minimum Gasteiger partial charge on any atom is -0.384 e. The fourth-order valence-electron chi connectivity index (χ4n) is 1.29. The number of nitrogen functional groups attached to an aromatic ring is 1. The van der Waals surface area contributed by atoms with Gasteiger partial charge >= 0.3 is 0 Å². The fraction of sp³-hybridized carbons (Fsp3) is 0.500. The van der Waals surface area contributed by atoms with Crippen molar-refractivity contribution in [1.29, 1.82) is 0 Å². The highest BCUT2D eigenvalue weighted by Crippen LogP contribution is 2.08. The van der Waals surface area contributed by atoms with Crippen LogP contribution in [0.3, 0.4) is 0 Å². The fourth-order valence-corrected chi connectivity index (χ4v) is 1.29. The Labute approximate surface area is 94.9 Å². The summed E-state index contributed by atoms with van der Waals surface area (Å²) in [6, 6.07) is 1.62. The molecule has 0 aromatic carbocycles. The number of carbonyl (C=O) groups is 1. The molecule has 0 fully saturated rings. The third kappa shape index (κ3) is 3.38. The first-order valence-electron chi connectivity index (χ1n) is 5.21. The lowest BCUT2D eigenvalue weighted by molar-refractivity contribution is -0.119. The van der Waals surface area contributed by atoms with Gasteiger partial charge in [0.25, 0.3) is 0 Å². The average Bonchev–Trinajstić information content (AvgIpc) is 2.28. The molecule has 0 radical (unpaired) electrons. The normalized spacial score (nSPS) is 9.88. The first kappa shape index (κ1) is 12.2. The van der Waals surface area contributed by atoms with Crippen LogP contribution in [0.4, 0.5) is 11.8 Å². The summed E-state index contributed by atoms with van der Waals surface area (Å²) in [5.41, 5.74) is 5.58. The van der Waals surface area contributed by atoms with Gasteiger partial charge in [0.15, 0.2) is 0 Å². The number of anilines is 2. The summed E-state index contributed by atoms with van der Waals surface area (Å²) in [6.45, 7) is 2.99. The first-order valence-corrected chi connectivity index (χ1v) is 5.21. The van der Waals surface area contributed by atoms with E-state index < -0.39 is 0 Å². The molecule has 6 heteroatoms. The average molecular weight is 223 g/mol. The van der Waals surface area contributed by atoms with Crippen molar-refractivity contribution < 1.29 is 4.79 Å². The van der Waals surface area contributed by atoms with E-state index in [0.717, 1.165) is 13.0 Å². The van der Waals surface area contributed by atoms with E-state index in [4.69, 9.17) is 5.73 Å². The molecule has 16 heavy (non-hydrogen) atoms. The molecule has 1 heterocycles. The standard InChI is InChI=1S/C10H17N5O/c1-3-6-15(7-9(16)12-2)10-13-5-4-8(11)14-10/h4-5H,3,6-7H2,1-2H3,(H,12,16)(H2,11,13,14). The number of likely N-dealkylation sites (N-methyl/N-ethyl adjacent to an activating group) is 1. The number of hydrogen-bond acceptors (Lipinski definition) is 5. The number of nitrogens with one attached hydrogen (secondary N) is 1. The third-order valence-corrected chi connectivity index (χ3v) is 2.05. The van der Waals surface area contributed by atoms with E-state index >= 15 is 0 Å². The number of carbonyl (C=O) groups excluding carboxylic acids is 1. The van der Waals surface area contributed by atoms with Crippen LogP contribution in [0.1, 0.15) is 13.3 Å². The molecule has 1 aromatic rings. The van der Waals surface area contributed by atoms with Gasteiger partial charge in [0.1, 0.15) is 5.82 Å². The molecule has 6 nitrogen and oxygen atoms in total. The van der Waals surface area contributed by atoms with Crippen LogP contribution in [-0.2, 0) is 4.79 Å². The zero-order chi connectivity index (χ0) is 12.0. The summed E-state index contributed by atoms with van der Waals surface area (Å²) < 4.78 is 0. The molecular weight excluding hydrogens is 206 g/mol. The van der Waals surface area contributed by atoms with Crippen LogP contribution in [0.15, 0.2) is 12.3 Å². The lowest BCUT2D eigenvalue weighted by Gasteiger charge is -2.20. The molecule has 0 saturated heterocycles. The van der Waals surface area contributed by atoms with E-state index in [-0.39, 0.29) is 12.5 Å². The van der Waals surface area contributed by atoms with Crippen molar-refractivity contribution in [3.05, 3.63) is 12.3 Å². The van der Waals surface area contributed by atoms with Crippen molar-refractivity contribution in [3.8, 4) is 0 Å². The third-order valence-electron chi connectivity index (χ3n) is 2.05. The molecule has 1 amide bonds. The van der Waals surface area contributed by atoms with Crippen molar-refractivity contribution in [1.82, 2.24) is 15.3 Å². The molecular formula is C10H17N5O. The molecule has 0 atom stereocenters. The van der Waals surface area contributed by atoms with E-state index in [0.29, 0.717) is 11.8 Å². The van der Waals surface area contributed by atoms with Gasteiger partial charge in [0.2, 0.25) is 11.9 Å². The molecule has 0 unspecified atom stereocenters. The summed E-state index contributed by atoms with van der Waals surface area (Å²) in [5.74, 6) is 0.827. The first-order chi connectivity index (χ1) is 7.67. The molecule has 3 N–H and O–H groups in total. The Bertz CT molecular complexity index is 355. The molecule has 0 saturated carbocycles. The maximum Gasteiger partial charge on any atom is 0.239 e. The van der Waals surface area contributed by atoms with Gasteiger partial charge in [-0.2, -0.15) is 4.98 Å². The van der Waals surface area contributed by atoms with Crippen LogP contribution in [0.5, 0.6) is 0 Å². The number of aromatic nitrogens is 2. The van der Waals surface area contributed by atoms with E-state index in [2.05, 4.69) is 15.3 Å². The minimum atomic E-state index is -0.0699. The predicted molar refractivity (Wildman–Crippen MR) is 63.0 cm³/mol. The second-order valence-corrected chi connectivity index (χ2v) is 3.38. The Balaban J connectivity index is 2.80. The highest BCUT2D eigenvalue weighted by molar-refractivity contribution is 5.80. The summed E-state index contributed by atoms with van der Waals surface area (Å²) in [6.07, 6.45) is 2.50. The molecule has 1 aromatic heterocycles. The summed E-state index contributed by atoms with van der Waals surface area (Å²) >= 11 is 0. The molecule has 0 aliphatic rings. The van der Waals surface area contributed by atoms with Crippen LogP contribution >= 0.6 is 0 Å². The SMILES string of the molecule is CCCN(CC(=O)NC)c1nccc(N)n1. The summed E-state index contributed by atoms with van der Waals surface area (Å²) in [7, 11) is 1.60. The molecule has 0 bridgehead atoms. The quantitative estimate of drug-likeness (QED) is 0.735. The van der Waals surface area contributed by atoms with Gasteiger partial charge in [-0.05, 0) is 12.5 Å². The topological polar surface area (TPSA) is 84.1 Å². The van der Waals surface area contributed by atoms with Gasteiger partial charge in [-0.3, -0.25) is 4.79 Å². The molecule has 0 spiro atoms. The maximum absolute atomic E-state index is 11.3. The molecule has 0 aliphatic heterocycles. The van der Waals surface area contributed by atoms with Crippen molar-refractivity contribution >= 4 is 17.7 Å². The smallest absolute Gasteiger partial charge is 0.239 e. The summed E-state index contributed by atoms with van der Waals surface area (Å²) in [4.78, 5) is 21.3. The van der Waals surface area contributed by atoms with Crippen LogP contribution in [0.25, 0.3) is 0 Å². The van der Waals surface area contributed by atoms with Gasteiger partial charge in [-0.25, -0.2) is 4.98 Å². The summed E-state index contributed by atoms with van der Waals surface area (Å²) in [5, 5.41) is 2.57. The number of nitrogens with two attached hydrogens (primary N) is 1. The van der Waals surface area contributed by atoms with Gasteiger partial charge in [0.05, 0.1) is 6.54 Å². The largest absolute Gasteiger partial charge is 0.384 e. The monoisotopic (exact) mass is 223 g/mol. The lowest BCUT2D eigenvalue weighted by atomic mass is 10.4. The van der Waals surface area contributed by atoms with Crippen molar-refractivity contribution in [3.63, 3.8) is 0 Å². The lowest BCUT2D eigenvalue weighted by Crippen LogP contribution is -2.37. The van der Waals surface area contributed by atoms with Crippen LogP contribution in [0, 0.1) is 0 Å². The minimum absolute atomic E-state index is 0.0699. The van der Waals surface area contributed by atoms with Gasteiger partial charge in [-0.1, -0.05) is 6.92 Å². The van der Waals surface area contributed by atoms with Crippen molar-refractivity contribution in [2.24, 2.45) is 0 Å². The zero-order valence-corrected chi connectivity index (χ0v) is 9.60. The predicted octanol–water partition coefficient (Wildman–Crippen LogP) is 0.0212. The van der Waals surface area contributed by atoms with E-state index in [1.807, 2.05) is 6.92 Å². The number of hydrogen-bond donors (Lipinski definition) is 2. The van der Waals surface area contributed by atoms with Crippen LogP contribution in [-0.4, -0.2) is 36.0 Å². The van der Waals surface area contributed by atoms with Gasteiger partial charge in [-0.15, -0.1) is 0 Å². The Morgan fingerprint density at radius 2 is 2.38 bits per heavy atom. The van der Waals surface area contributed by atoms with Crippen LogP contribution < -0.4 is 16.0 Å². The number of rotatable bonds is 5. The molecule has 0 aliphatic carbocycles. The molecule has 1 rings (SSSR count). The Morgan fingerprint density at radius 1 is 1.62 bits per heavy atom. The Morgan fingerprint density at radius 3 is 2.94 bits per heavy atom. The number of amides is 1. The van der Waals surface area contributed by atoms with E-state index in [9.17, 15) is 4.79 Å². The van der Waals surface area contributed by atoms with Crippen LogP contribution in [0.2, 0.25) is 0 Å². The number of nitrogens with zero attached hydrogens (tertiary/aromatic N) is 3. The van der Waals surface area contributed by atoms with E-state index in [1.54, 1.807) is 24.2 Å². The van der Waals surface area contributed by atoms with Gasteiger partial charge < -0.3 is 16.0 Å². The Hall–Kier alpha value is -1.85. The van der Waals surface area contributed by atoms with E-state index in [1.165, 1.54) is 0 Å². The van der Waals surface area contributed by atoms with Crippen molar-refractivity contribution in [2.45, 2.75) is 13.3 Å². The molecule has 88 valence electrons.